The molecule has 2 heteroatoms. The van der Waals surface area contributed by atoms with E-state index in [-0.39, 0.29) is 0 Å². The van der Waals surface area contributed by atoms with Crippen LogP contribution in [0.2, 0.25) is 0 Å². The molecule has 0 amide bonds. The fourth-order valence-corrected chi connectivity index (χ4v) is 3.52. The molecule has 1 aliphatic heterocycles. The zero-order valence-corrected chi connectivity index (χ0v) is 9.89. The lowest BCUT2D eigenvalue weighted by Gasteiger charge is -2.30. The highest BCUT2D eigenvalue weighted by Crippen LogP contribution is 2.41. The number of benzene rings is 1. The largest absolute Gasteiger partial charge is 0.307 e. The van der Waals surface area contributed by atoms with Gasteiger partial charge in [-0.15, -0.1) is 11.8 Å². The molecule has 1 N–H and O–H groups in total. The summed E-state index contributed by atoms with van der Waals surface area (Å²) in [6, 6.07) is 10.3. The lowest BCUT2D eigenvalue weighted by Crippen LogP contribution is -2.28. The lowest BCUT2D eigenvalue weighted by molar-refractivity contribution is 0.483. The van der Waals surface area contributed by atoms with Crippen molar-refractivity contribution in [2.24, 2.45) is 0 Å². The smallest absolute Gasteiger partial charge is 0.0344 e. The van der Waals surface area contributed by atoms with E-state index in [4.69, 9.17) is 0 Å². The summed E-state index contributed by atoms with van der Waals surface area (Å²) in [7, 11) is 0. The van der Waals surface area contributed by atoms with Crippen LogP contribution in [0.3, 0.4) is 0 Å². The van der Waals surface area contributed by atoms with Crippen molar-refractivity contribution in [3.8, 4) is 0 Å². The van der Waals surface area contributed by atoms with Crippen LogP contribution in [0.25, 0.3) is 0 Å². The molecule has 15 heavy (non-hydrogen) atoms. The maximum absolute atomic E-state index is 3.77. The summed E-state index contributed by atoms with van der Waals surface area (Å²) in [5.41, 5.74) is 1.52. The third-order valence-electron chi connectivity index (χ3n) is 3.20. The molecule has 0 saturated heterocycles. The van der Waals surface area contributed by atoms with E-state index in [0.29, 0.717) is 6.04 Å². The Hall–Kier alpha value is -0.470. The summed E-state index contributed by atoms with van der Waals surface area (Å²) in [6.07, 6.45) is 4.03. The normalized spacial score (nSPS) is 29.9. The maximum atomic E-state index is 3.77. The number of thioether (sulfide) groups is 1. The van der Waals surface area contributed by atoms with Crippen LogP contribution in [0.1, 0.15) is 37.8 Å². The molecule has 1 aromatic carbocycles. The molecule has 1 nitrogen and oxygen atoms in total. The van der Waals surface area contributed by atoms with E-state index in [1.807, 2.05) is 11.8 Å². The molecule has 2 aliphatic rings. The summed E-state index contributed by atoms with van der Waals surface area (Å²) in [4.78, 5) is 1.48. The van der Waals surface area contributed by atoms with E-state index in [0.717, 1.165) is 11.3 Å². The third-order valence-corrected chi connectivity index (χ3v) is 4.42. The molecular weight excluding hydrogens is 202 g/mol. The molecule has 1 fully saturated rings. The van der Waals surface area contributed by atoms with Crippen LogP contribution in [0.5, 0.6) is 0 Å². The first-order valence-corrected chi connectivity index (χ1v) is 6.72. The molecule has 2 atom stereocenters. The average Bonchev–Trinajstić information content (AvgIpc) is 3.01. The Labute approximate surface area is 95.6 Å². The highest BCUT2D eigenvalue weighted by Gasteiger charge is 2.30. The van der Waals surface area contributed by atoms with Crippen molar-refractivity contribution in [2.75, 3.05) is 0 Å². The van der Waals surface area contributed by atoms with Gasteiger partial charge in [-0.3, -0.25) is 0 Å². The second-order valence-corrected chi connectivity index (χ2v) is 6.18. The fourth-order valence-electron chi connectivity index (χ4n) is 2.29. The first kappa shape index (κ1) is 9.73. The molecule has 1 aliphatic carbocycles. The van der Waals surface area contributed by atoms with Crippen LogP contribution in [0.15, 0.2) is 29.2 Å². The summed E-state index contributed by atoms with van der Waals surface area (Å²) in [6.45, 7) is 2.34. The van der Waals surface area contributed by atoms with Crippen molar-refractivity contribution >= 4 is 11.8 Å². The second-order valence-electron chi connectivity index (χ2n) is 4.70. The molecular formula is C13H17NS. The molecule has 80 valence electrons. The zero-order valence-electron chi connectivity index (χ0n) is 9.07. The van der Waals surface area contributed by atoms with Crippen LogP contribution in [-0.4, -0.2) is 11.3 Å². The van der Waals surface area contributed by atoms with Gasteiger partial charge in [0.05, 0.1) is 0 Å². The van der Waals surface area contributed by atoms with E-state index < -0.39 is 0 Å². The Kier molecular flexibility index (Phi) is 2.49. The van der Waals surface area contributed by atoms with Gasteiger partial charge in [0, 0.05) is 22.2 Å². The Balaban J connectivity index is 1.87. The highest BCUT2D eigenvalue weighted by atomic mass is 32.2. The van der Waals surface area contributed by atoms with Gasteiger partial charge in [0.25, 0.3) is 0 Å². The third kappa shape index (κ3) is 2.06. The van der Waals surface area contributed by atoms with Crippen LogP contribution >= 0.6 is 11.8 Å². The molecule has 0 bridgehead atoms. The summed E-state index contributed by atoms with van der Waals surface area (Å²) < 4.78 is 0. The molecule has 2 unspecified atom stereocenters. The van der Waals surface area contributed by atoms with Gasteiger partial charge in [-0.2, -0.15) is 0 Å². The van der Waals surface area contributed by atoms with Crippen LogP contribution in [0, 0.1) is 0 Å². The predicted molar refractivity (Wildman–Crippen MR) is 65.3 cm³/mol. The van der Waals surface area contributed by atoms with Gasteiger partial charge in [-0.05, 0) is 30.9 Å². The molecule has 1 saturated carbocycles. The van der Waals surface area contributed by atoms with E-state index in [1.54, 1.807) is 0 Å². The monoisotopic (exact) mass is 219 g/mol. The van der Waals surface area contributed by atoms with E-state index in [1.165, 1.54) is 29.7 Å². The predicted octanol–water partition coefficient (Wildman–Crippen LogP) is 3.36. The van der Waals surface area contributed by atoms with Crippen molar-refractivity contribution in [3.05, 3.63) is 29.8 Å². The first-order valence-electron chi connectivity index (χ1n) is 5.84. The molecule has 1 heterocycles. The fraction of sp³-hybridized carbons (Fsp3) is 0.538. The van der Waals surface area contributed by atoms with Crippen molar-refractivity contribution in [3.63, 3.8) is 0 Å². The number of nitrogens with one attached hydrogen (secondary N) is 1. The molecule has 0 spiro atoms. The summed E-state index contributed by atoms with van der Waals surface area (Å²) in [5.74, 6) is 0. The minimum atomic E-state index is 0.602. The number of rotatable bonds is 2. The zero-order chi connectivity index (χ0) is 10.3. The maximum Gasteiger partial charge on any atom is 0.0344 e. The molecule has 0 radical (unpaired) electrons. The standard InChI is InChI=1S/C13H17NS/c1-9-8-12(14-10-6-7-10)11-4-2-3-5-13(11)15-9/h2-5,9-10,12,14H,6-8H2,1H3. The van der Waals surface area contributed by atoms with Crippen LogP contribution in [-0.2, 0) is 0 Å². The van der Waals surface area contributed by atoms with Gasteiger partial charge in [0.15, 0.2) is 0 Å². The topological polar surface area (TPSA) is 12.0 Å². The van der Waals surface area contributed by atoms with Gasteiger partial charge in [0.2, 0.25) is 0 Å². The molecule has 0 aromatic heterocycles. The minimum Gasteiger partial charge on any atom is -0.307 e. The Morgan fingerprint density at radius 1 is 1.27 bits per heavy atom. The van der Waals surface area contributed by atoms with E-state index in [2.05, 4.69) is 36.5 Å². The lowest BCUT2D eigenvalue weighted by atomic mass is 10.0. The Morgan fingerprint density at radius 3 is 2.87 bits per heavy atom. The van der Waals surface area contributed by atoms with Crippen molar-refractivity contribution < 1.29 is 0 Å². The molecule has 3 rings (SSSR count). The van der Waals surface area contributed by atoms with E-state index in [9.17, 15) is 0 Å². The van der Waals surface area contributed by atoms with Gasteiger partial charge >= 0.3 is 0 Å². The quantitative estimate of drug-likeness (QED) is 0.818. The van der Waals surface area contributed by atoms with Crippen LogP contribution < -0.4 is 5.32 Å². The van der Waals surface area contributed by atoms with Crippen molar-refractivity contribution in [1.29, 1.82) is 0 Å². The van der Waals surface area contributed by atoms with Gasteiger partial charge in [0.1, 0.15) is 0 Å². The summed E-state index contributed by atoms with van der Waals surface area (Å²) in [5, 5.41) is 4.51. The van der Waals surface area contributed by atoms with Gasteiger partial charge in [-0.1, -0.05) is 25.1 Å². The van der Waals surface area contributed by atoms with E-state index >= 15 is 0 Å². The average molecular weight is 219 g/mol. The Bertz CT molecular complexity index is 359. The summed E-state index contributed by atoms with van der Waals surface area (Å²) >= 11 is 2.02. The van der Waals surface area contributed by atoms with Gasteiger partial charge < -0.3 is 5.32 Å². The van der Waals surface area contributed by atoms with Crippen molar-refractivity contribution in [1.82, 2.24) is 5.32 Å². The number of fused-ring (bicyclic) bond motifs is 1. The number of hydrogen-bond acceptors (Lipinski definition) is 2. The molecule has 1 aromatic rings. The Morgan fingerprint density at radius 2 is 2.07 bits per heavy atom. The van der Waals surface area contributed by atoms with Crippen molar-refractivity contribution in [2.45, 2.75) is 48.4 Å². The van der Waals surface area contributed by atoms with Gasteiger partial charge in [-0.25, -0.2) is 0 Å². The van der Waals surface area contributed by atoms with Crippen LogP contribution in [0.4, 0.5) is 0 Å². The second kappa shape index (κ2) is 3.84. The minimum absolute atomic E-state index is 0.602. The highest BCUT2D eigenvalue weighted by molar-refractivity contribution is 8.00. The SMILES string of the molecule is CC1CC(NC2CC2)c2ccccc2S1. The number of hydrogen-bond donors (Lipinski definition) is 1. The first-order chi connectivity index (χ1) is 7.33.